The summed E-state index contributed by atoms with van der Waals surface area (Å²) < 4.78 is 13.0. The number of likely N-dealkylation sites (tertiary alicyclic amines) is 1. The molecule has 0 unspecified atom stereocenters. The van der Waals surface area contributed by atoms with Crippen LogP contribution in [0.4, 0.5) is 0 Å². The van der Waals surface area contributed by atoms with Gasteiger partial charge in [-0.2, -0.15) is 0 Å². The number of aromatic nitrogens is 2. The van der Waals surface area contributed by atoms with Gasteiger partial charge >= 0.3 is 0 Å². The van der Waals surface area contributed by atoms with E-state index >= 15 is 0 Å². The van der Waals surface area contributed by atoms with Crippen LogP contribution in [0.5, 0.6) is 11.5 Å². The Hall–Kier alpha value is -2.50. The summed E-state index contributed by atoms with van der Waals surface area (Å²) in [6, 6.07) is 7.28. The molecule has 0 bridgehead atoms. The normalized spacial score (nSPS) is 15.1. The Bertz CT molecular complexity index is 703. The molecule has 1 aromatic heterocycles. The molecule has 1 fully saturated rings. The SMILES string of the molecule is CCc1nccn1CC1CCN(C(=O)COc2ccc(OC)cc2)CC1. The number of ether oxygens (including phenoxy) is 2. The Morgan fingerprint density at radius 1 is 1.19 bits per heavy atom. The Balaban J connectivity index is 1.43. The van der Waals surface area contributed by atoms with E-state index in [0.29, 0.717) is 11.7 Å². The number of rotatable bonds is 7. The molecule has 0 N–H and O–H groups in total. The molecule has 0 radical (unpaired) electrons. The van der Waals surface area contributed by atoms with E-state index in [1.54, 1.807) is 7.11 Å². The zero-order valence-electron chi connectivity index (χ0n) is 15.6. The summed E-state index contributed by atoms with van der Waals surface area (Å²) in [6.07, 6.45) is 6.92. The van der Waals surface area contributed by atoms with Crippen LogP contribution < -0.4 is 9.47 Å². The van der Waals surface area contributed by atoms with Crippen LogP contribution in [0.1, 0.15) is 25.6 Å². The molecule has 0 aliphatic carbocycles. The van der Waals surface area contributed by atoms with Gasteiger partial charge in [0.25, 0.3) is 5.91 Å². The summed E-state index contributed by atoms with van der Waals surface area (Å²) in [5.74, 6) is 3.24. The summed E-state index contributed by atoms with van der Waals surface area (Å²) in [4.78, 5) is 18.7. The second-order valence-corrected chi connectivity index (χ2v) is 6.64. The van der Waals surface area contributed by atoms with Gasteiger partial charge in [0, 0.05) is 38.4 Å². The maximum atomic E-state index is 12.4. The molecular weight excluding hydrogens is 330 g/mol. The van der Waals surface area contributed by atoms with Crippen LogP contribution in [0.2, 0.25) is 0 Å². The third-order valence-corrected chi connectivity index (χ3v) is 4.96. The van der Waals surface area contributed by atoms with Crippen LogP contribution in [-0.2, 0) is 17.8 Å². The minimum absolute atomic E-state index is 0.0520. The Kier molecular flexibility index (Phi) is 6.15. The van der Waals surface area contributed by atoms with E-state index in [0.717, 1.165) is 50.5 Å². The molecule has 26 heavy (non-hydrogen) atoms. The van der Waals surface area contributed by atoms with E-state index in [1.807, 2.05) is 35.4 Å². The Labute approximate surface area is 154 Å². The van der Waals surface area contributed by atoms with Crippen molar-refractivity contribution in [2.75, 3.05) is 26.8 Å². The minimum atomic E-state index is 0.0520. The van der Waals surface area contributed by atoms with Crippen molar-refractivity contribution in [2.45, 2.75) is 32.7 Å². The van der Waals surface area contributed by atoms with Gasteiger partial charge in [0.05, 0.1) is 7.11 Å². The monoisotopic (exact) mass is 357 g/mol. The number of benzene rings is 1. The lowest BCUT2D eigenvalue weighted by Gasteiger charge is -2.32. The quantitative estimate of drug-likeness (QED) is 0.765. The van der Waals surface area contributed by atoms with Crippen LogP contribution in [0.3, 0.4) is 0 Å². The first kappa shape index (κ1) is 18.3. The minimum Gasteiger partial charge on any atom is -0.497 e. The number of imidazole rings is 1. The maximum absolute atomic E-state index is 12.4. The van der Waals surface area contributed by atoms with Gasteiger partial charge in [-0.25, -0.2) is 4.98 Å². The number of hydrogen-bond donors (Lipinski definition) is 0. The Morgan fingerprint density at radius 2 is 1.88 bits per heavy atom. The summed E-state index contributed by atoms with van der Waals surface area (Å²) in [7, 11) is 1.62. The highest BCUT2D eigenvalue weighted by Crippen LogP contribution is 2.21. The summed E-state index contributed by atoms with van der Waals surface area (Å²) in [5.41, 5.74) is 0. The number of hydrogen-bond acceptors (Lipinski definition) is 4. The summed E-state index contributed by atoms with van der Waals surface area (Å²) >= 11 is 0. The predicted molar refractivity (Wildman–Crippen MR) is 99.4 cm³/mol. The number of carbonyl (C=O) groups is 1. The topological polar surface area (TPSA) is 56.6 Å². The molecule has 0 atom stereocenters. The van der Waals surface area contributed by atoms with Crippen molar-refractivity contribution in [3.05, 3.63) is 42.5 Å². The molecule has 6 heteroatoms. The first-order valence-corrected chi connectivity index (χ1v) is 9.24. The number of amides is 1. The standard InChI is InChI=1S/C20H27N3O3/c1-3-19-21-10-13-23(19)14-16-8-11-22(12-9-16)20(24)15-26-18-6-4-17(25-2)5-7-18/h4-7,10,13,16H,3,8-9,11-12,14-15H2,1-2H3. The van der Waals surface area contributed by atoms with E-state index in [-0.39, 0.29) is 12.5 Å². The summed E-state index contributed by atoms with van der Waals surface area (Å²) in [6.45, 7) is 4.80. The second kappa shape index (κ2) is 8.74. The highest BCUT2D eigenvalue weighted by molar-refractivity contribution is 5.77. The molecule has 1 aliphatic rings. The van der Waals surface area contributed by atoms with Crippen LogP contribution in [0.25, 0.3) is 0 Å². The van der Waals surface area contributed by atoms with Crippen LogP contribution in [0, 0.1) is 5.92 Å². The average Bonchev–Trinajstić information content (AvgIpc) is 3.14. The van der Waals surface area contributed by atoms with Crippen molar-refractivity contribution < 1.29 is 14.3 Å². The molecule has 1 amide bonds. The van der Waals surface area contributed by atoms with E-state index in [9.17, 15) is 4.79 Å². The second-order valence-electron chi connectivity index (χ2n) is 6.64. The van der Waals surface area contributed by atoms with Crippen molar-refractivity contribution in [1.29, 1.82) is 0 Å². The van der Waals surface area contributed by atoms with Crippen molar-refractivity contribution in [1.82, 2.24) is 14.5 Å². The molecule has 0 saturated carbocycles. The van der Waals surface area contributed by atoms with Crippen LogP contribution >= 0.6 is 0 Å². The van der Waals surface area contributed by atoms with Crippen molar-refractivity contribution in [2.24, 2.45) is 5.92 Å². The van der Waals surface area contributed by atoms with Crippen molar-refractivity contribution in [3.63, 3.8) is 0 Å². The average molecular weight is 357 g/mol. The fraction of sp³-hybridized carbons (Fsp3) is 0.500. The number of aryl methyl sites for hydroxylation is 1. The van der Waals surface area contributed by atoms with Gasteiger partial charge in [-0.05, 0) is 43.0 Å². The highest BCUT2D eigenvalue weighted by Gasteiger charge is 2.23. The van der Waals surface area contributed by atoms with Gasteiger partial charge in [0.15, 0.2) is 6.61 Å². The smallest absolute Gasteiger partial charge is 0.260 e. The van der Waals surface area contributed by atoms with Crippen LogP contribution in [0.15, 0.2) is 36.7 Å². The lowest BCUT2D eigenvalue weighted by Crippen LogP contribution is -2.41. The van der Waals surface area contributed by atoms with Crippen LogP contribution in [-0.4, -0.2) is 47.2 Å². The molecule has 1 saturated heterocycles. The van der Waals surface area contributed by atoms with Gasteiger partial charge in [-0.1, -0.05) is 6.92 Å². The number of nitrogens with zero attached hydrogens (tertiary/aromatic N) is 3. The molecule has 140 valence electrons. The van der Waals surface area contributed by atoms with Gasteiger partial charge in [-0.15, -0.1) is 0 Å². The fourth-order valence-corrected chi connectivity index (χ4v) is 3.37. The van der Waals surface area contributed by atoms with E-state index < -0.39 is 0 Å². The largest absolute Gasteiger partial charge is 0.497 e. The van der Waals surface area contributed by atoms with E-state index in [4.69, 9.17) is 9.47 Å². The molecule has 6 nitrogen and oxygen atoms in total. The van der Waals surface area contributed by atoms with Gasteiger partial charge < -0.3 is 18.9 Å². The van der Waals surface area contributed by atoms with E-state index in [1.165, 1.54) is 0 Å². The van der Waals surface area contributed by atoms with Gasteiger partial charge in [0.1, 0.15) is 17.3 Å². The molecule has 0 spiro atoms. The first-order chi connectivity index (χ1) is 12.7. The Morgan fingerprint density at radius 3 is 2.54 bits per heavy atom. The maximum Gasteiger partial charge on any atom is 0.260 e. The molecule has 1 aromatic carbocycles. The lowest BCUT2D eigenvalue weighted by atomic mass is 9.96. The van der Waals surface area contributed by atoms with E-state index in [2.05, 4.69) is 22.7 Å². The highest BCUT2D eigenvalue weighted by atomic mass is 16.5. The zero-order chi connectivity index (χ0) is 18.4. The fourth-order valence-electron chi connectivity index (χ4n) is 3.37. The molecule has 3 rings (SSSR count). The number of methoxy groups -OCH3 is 1. The lowest BCUT2D eigenvalue weighted by molar-refractivity contribution is -0.134. The van der Waals surface area contributed by atoms with Gasteiger partial charge in [0.2, 0.25) is 0 Å². The number of piperidine rings is 1. The summed E-state index contributed by atoms with van der Waals surface area (Å²) in [5, 5.41) is 0. The predicted octanol–water partition coefficient (Wildman–Crippen LogP) is 2.77. The molecule has 2 heterocycles. The first-order valence-electron chi connectivity index (χ1n) is 9.24. The van der Waals surface area contributed by atoms with Crippen molar-refractivity contribution >= 4 is 5.91 Å². The van der Waals surface area contributed by atoms with Crippen molar-refractivity contribution in [3.8, 4) is 11.5 Å². The molecular formula is C20H27N3O3. The number of carbonyl (C=O) groups excluding carboxylic acids is 1. The van der Waals surface area contributed by atoms with Gasteiger partial charge in [-0.3, -0.25) is 4.79 Å². The third-order valence-electron chi connectivity index (χ3n) is 4.96. The third kappa shape index (κ3) is 4.56. The zero-order valence-corrected chi connectivity index (χ0v) is 15.6. The molecule has 2 aromatic rings. The molecule has 1 aliphatic heterocycles.